The predicted molar refractivity (Wildman–Crippen MR) is 86.8 cm³/mol. The molecule has 1 unspecified atom stereocenters. The summed E-state index contributed by atoms with van der Waals surface area (Å²) in [5, 5.41) is 16.1. The van der Waals surface area contributed by atoms with Crippen LogP contribution in [0.1, 0.15) is 35.6 Å². The molecule has 0 radical (unpaired) electrons. The third kappa shape index (κ3) is 3.77. The number of aliphatic carboxylic acids is 1. The first-order chi connectivity index (χ1) is 10.8. The molecule has 2 N–H and O–H groups in total. The van der Waals surface area contributed by atoms with Gasteiger partial charge >= 0.3 is 5.97 Å². The Bertz CT molecular complexity index is 717. The third-order valence-electron chi connectivity index (χ3n) is 3.60. The van der Waals surface area contributed by atoms with Crippen LogP contribution in [-0.4, -0.2) is 32.8 Å². The molecule has 0 fully saturated rings. The lowest BCUT2D eigenvalue weighted by molar-refractivity contribution is -0.140. The summed E-state index contributed by atoms with van der Waals surface area (Å²) >= 11 is 0. The summed E-state index contributed by atoms with van der Waals surface area (Å²) in [6, 6.07) is 7.98. The zero-order valence-electron chi connectivity index (χ0n) is 13.7. The zero-order valence-corrected chi connectivity index (χ0v) is 13.7. The molecule has 1 atom stereocenters. The summed E-state index contributed by atoms with van der Waals surface area (Å²) in [5.41, 5.74) is 3.20. The van der Waals surface area contributed by atoms with Gasteiger partial charge in [0.1, 0.15) is 6.04 Å². The van der Waals surface area contributed by atoms with Gasteiger partial charge in [-0.25, -0.2) is 9.48 Å². The number of aryl methyl sites for hydroxylation is 2. The standard InChI is InChI=1S/C17H21N3O3/c1-10(2)15(17(22)23)18-16(21)13-5-7-14(8-6-13)20-12(4)9-11(3)19-20/h5-10,15H,1-4H3,(H,18,21)(H,22,23). The quantitative estimate of drug-likeness (QED) is 0.887. The van der Waals surface area contributed by atoms with Crippen LogP contribution in [0.25, 0.3) is 5.69 Å². The van der Waals surface area contributed by atoms with Gasteiger partial charge in [-0.15, -0.1) is 0 Å². The average Bonchev–Trinajstić information content (AvgIpc) is 2.82. The summed E-state index contributed by atoms with van der Waals surface area (Å²) in [4.78, 5) is 23.3. The van der Waals surface area contributed by atoms with Gasteiger partial charge in [0.25, 0.3) is 5.91 Å². The number of benzene rings is 1. The number of carbonyl (C=O) groups is 2. The van der Waals surface area contributed by atoms with Crippen LogP contribution >= 0.6 is 0 Å². The molecule has 1 amide bonds. The molecular weight excluding hydrogens is 294 g/mol. The van der Waals surface area contributed by atoms with Crippen LogP contribution in [0.15, 0.2) is 30.3 Å². The SMILES string of the molecule is Cc1cc(C)n(-c2ccc(C(=O)NC(C(=O)O)C(C)C)cc2)n1. The van der Waals surface area contributed by atoms with Gasteiger partial charge in [0.2, 0.25) is 0 Å². The van der Waals surface area contributed by atoms with E-state index in [0.717, 1.165) is 17.1 Å². The van der Waals surface area contributed by atoms with Crippen molar-refractivity contribution in [1.29, 1.82) is 0 Å². The molecule has 2 rings (SSSR count). The van der Waals surface area contributed by atoms with Gasteiger partial charge in [0.05, 0.1) is 11.4 Å². The van der Waals surface area contributed by atoms with Crippen LogP contribution in [0.4, 0.5) is 0 Å². The summed E-state index contributed by atoms with van der Waals surface area (Å²) in [6.07, 6.45) is 0. The molecule has 0 aliphatic rings. The summed E-state index contributed by atoms with van der Waals surface area (Å²) in [5.74, 6) is -1.62. The van der Waals surface area contributed by atoms with E-state index in [2.05, 4.69) is 10.4 Å². The van der Waals surface area contributed by atoms with Crippen molar-refractivity contribution >= 4 is 11.9 Å². The highest BCUT2D eigenvalue weighted by Gasteiger charge is 2.23. The second kappa shape index (κ2) is 6.64. The molecule has 0 saturated heterocycles. The highest BCUT2D eigenvalue weighted by Crippen LogP contribution is 2.13. The first-order valence-electron chi connectivity index (χ1n) is 7.47. The van der Waals surface area contributed by atoms with Crippen LogP contribution < -0.4 is 5.32 Å². The molecule has 6 nitrogen and oxygen atoms in total. The lowest BCUT2D eigenvalue weighted by atomic mass is 10.0. The lowest BCUT2D eigenvalue weighted by Gasteiger charge is -2.18. The van der Waals surface area contributed by atoms with Crippen LogP contribution in [-0.2, 0) is 4.79 Å². The number of carboxylic acids is 1. The molecule has 2 aromatic rings. The molecule has 1 heterocycles. The van der Waals surface area contributed by atoms with Crippen molar-refractivity contribution < 1.29 is 14.7 Å². The molecule has 23 heavy (non-hydrogen) atoms. The molecule has 0 saturated carbocycles. The van der Waals surface area contributed by atoms with E-state index >= 15 is 0 Å². The van der Waals surface area contributed by atoms with Gasteiger partial charge in [-0.1, -0.05) is 13.8 Å². The Kier molecular flexibility index (Phi) is 4.83. The molecule has 1 aromatic carbocycles. The molecule has 0 aliphatic carbocycles. The van der Waals surface area contributed by atoms with Crippen molar-refractivity contribution in [3.05, 3.63) is 47.3 Å². The highest BCUT2D eigenvalue weighted by atomic mass is 16.4. The number of amides is 1. The van der Waals surface area contributed by atoms with Crippen molar-refractivity contribution in [1.82, 2.24) is 15.1 Å². The number of hydrogen-bond donors (Lipinski definition) is 2. The van der Waals surface area contributed by atoms with Crippen LogP contribution in [0.5, 0.6) is 0 Å². The van der Waals surface area contributed by atoms with E-state index in [1.807, 2.05) is 19.9 Å². The summed E-state index contributed by atoms with van der Waals surface area (Å²) in [6.45, 7) is 7.39. The van der Waals surface area contributed by atoms with E-state index in [0.29, 0.717) is 5.56 Å². The molecule has 0 bridgehead atoms. The number of hydrogen-bond acceptors (Lipinski definition) is 3. The van der Waals surface area contributed by atoms with Gasteiger partial charge in [-0.3, -0.25) is 4.79 Å². The lowest BCUT2D eigenvalue weighted by Crippen LogP contribution is -2.44. The maximum Gasteiger partial charge on any atom is 0.326 e. The molecule has 0 spiro atoms. The fraction of sp³-hybridized carbons (Fsp3) is 0.353. The van der Waals surface area contributed by atoms with Crippen molar-refractivity contribution in [3.8, 4) is 5.69 Å². The van der Waals surface area contributed by atoms with Gasteiger partial charge in [0, 0.05) is 11.3 Å². The van der Waals surface area contributed by atoms with Crippen LogP contribution in [0.2, 0.25) is 0 Å². The maximum absolute atomic E-state index is 12.2. The number of nitrogens with zero attached hydrogens (tertiary/aromatic N) is 2. The number of carbonyl (C=O) groups excluding carboxylic acids is 1. The second-order valence-corrected chi connectivity index (χ2v) is 5.92. The Hall–Kier alpha value is -2.63. The second-order valence-electron chi connectivity index (χ2n) is 5.92. The van der Waals surface area contributed by atoms with Gasteiger partial charge < -0.3 is 10.4 Å². The first kappa shape index (κ1) is 16.7. The van der Waals surface area contributed by atoms with E-state index in [1.165, 1.54) is 0 Å². The monoisotopic (exact) mass is 315 g/mol. The molecule has 1 aromatic heterocycles. The number of carboxylic acid groups (broad SMARTS) is 1. The van der Waals surface area contributed by atoms with Crippen molar-refractivity contribution in [2.75, 3.05) is 0 Å². The van der Waals surface area contributed by atoms with E-state index in [-0.39, 0.29) is 5.92 Å². The van der Waals surface area contributed by atoms with Gasteiger partial charge in [-0.05, 0) is 50.1 Å². The minimum Gasteiger partial charge on any atom is -0.480 e. The smallest absolute Gasteiger partial charge is 0.326 e. The first-order valence-corrected chi connectivity index (χ1v) is 7.47. The van der Waals surface area contributed by atoms with Gasteiger partial charge in [-0.2, -0.15) is 5.10 Å². The third-order valence-corrected chi connectivity index (χ3v) is 3.60. The fourth-order valence-electron chi connectivity index (χ4n) is 2.38. The number of aromatic nitrogens is 2. The Morgan fingerprint density at radius 2 is 1.78 bits per heavy atom. The normalized spacial score (nSPS) is 12.2. The predicted octanol–water partition coefficient (Wildman–Crippen LogP) is 2.33. The van der Waals surface area contributed by atoms with Crippen LogP contribution in [0.3, 0.4) is 0 Å². The fourth-order valence-corrected chi connectivity index (χ4v) is 2.38. The molecule has 122 valence electrons. The number of nitrogens with one attached hydrogen (secondary N) is 1. The summed E-state index contributed by atoms with van der Waals surface area (Å²) in [7, 11) is 0. The van der Waals surface area contributed by atoms with Crippen LogP contribution in [0, 0.1) is 19.8 Å². The topological polar surface area (TPSA) is 84.2 Å². The Balaban J connectivity index is 2.17. The van der Waals surface area contributed by atoms with Gasteiger partial charge in [0.15, 0.2) is 0 Å². The van der Waals surface area contributed by atoms with E-state index in [9.17, 15) is 9.59 Å². The van der Waals surface area contributed by atoms with Crippen molar-refractivity contribution in [3.63, 3.8) is 0 Å². The minimum atomic E-state index is -1.03. The largest absolute Gasteiger partial charge is 0.480 e. The maximum atomic E-state index is 12.2. The van der Waals surface area contributed by atoms with Crippen molar-refractivity contribution in [2.45, 2.75) is 33.7 Å². The zero-order chi connectivity index (χ0) is 17.1. The minimum absolute atomic E-state index is 0.189. The van der Waals surface area contributed by atoms with E-state index in [4.69, 9.17) is 5.11 Å². The Morgan fingerprint density at radius 3 is 2.22 bits per heavy atom. The average molecular weight is 315 g/mol. The van der Waals surface area contributed by atoms with E-state index in [1.54, 1.807) is 42.8 Å². The Morgan fingerprint density at radius 1 is 1.17 bits per heavy atom. The molecular formula is C17H21N3O3. The number of rotatable bonds is 5. The highest BCUT2D eigenvalue weighted by molar-refractivity contribution is 5.96. The molecule has 0 aliphatic heterocycles. The van der Waals surface area contributed by atoms with Crippen molar-refractivity contribution in [2.24, 2.45) is 5.92 Å². The van der Waals surface area contributed by atoms with E-state index < -0.39 is 17.9 Å². The molecule has 6 heteroatoms. The Labute approximate surface area is 135 Å². The summed E-state index contributed by atoms with van der Waals surface area (Å²) < 4.78 is 1.80.